The predicted molar refractivity (Wildman–Crippen MR) is 150 cm³/mol. The van der Waals surface area contributed by atoms with Gasteiger partial charge in [-0.05, 0) is 70.6 Å². The first-order chi connectivity index (χ1) is 18.7. The number of piperidine rings is 1. The largest absolute Gasteiger partial charge is 0.444 e. The summed E-state index contributed by atoms with van der Waals surface area (Å²) in [6, 6.07) is 10.3. The molecule has 1 amide bonds. The molecule has 3 saturated heterocycles. The van der Waals surface area contributed by atoms with Crippen LogP contribution in [-0.4, -0.2) is 93.9 Å². The van der Waals surface area contributed by atoms with Gasteiger partial charge in [0, 0.05) is 57.4 Å². The number of aromatic nitrogens is 3. The molecule has 1 aromatic carbocycles. The molecule has 3 aliphatic heterocycles. The van der Waals surface area contributed by atoms with Crippen molar-refractivity contribution >= 4 is 28.7 Å². The van der Waals surface area contributed by atoms with Gasteiger partial charge in [0.25, 0.3) is 0 Å². The van der Waals surface area contributed by atoms with E-state index < -0.39 is 5.60 Å². The standard InChI is InChI=1S/C30H40N6O3/c1-29(2,3)39-28(37)35-19-30(20-35)17-33(18-30)16-21-14-23(15-21)38-22-8-11-34(12-9-22)26-10-13-36-25-7-5-4-6-24(25)31-27(36)32-26/h4-7,10,13,21-23H,8-9,11-12,14-20H2,1-3H3/t21-,23-. The summed E-state index contributed by atoms with van der Waals surface area (Å²) in [6.45, 7) is 12.8. The normalized spacial score (nSPS) is 25.5. The Morgan fingerprint density at radius 3 is 2.49 bits per heavy atom. The lowest BCUT2D eigenvalue weighted by atomic mass is 9.71. The molecule has 208 valence electrons. The Hall–Kier alpha value is -2.91. The number of fused-ring (bicyclic) bond motifs is 3. The summed E-state index contributed by atoms with van der Waals surface area (Å²) >= 11 is 0. The summed E-state index contributed by atoms with van der Waals surface area (Å²) in [5, 5.41) is 0. The number of para-hydroxylation sites is 2. The average molecular weight is 533 g/mol. The molecule has 4 fully saturated rings. The van der Waals surface area contributed by atoms with E-state index in [-0.39, 0.29) is 6.09 Å². The van der Waals surface area contributed by atoms with Gasteiger partial charge >= 0.3 is 6.09 Å². The van der Waals surface area contributed by atoms with Crippen LogP contribution in [0.15, 0.2) is 36.5 Å². The molecule has 9 nitrogen and oxygen atoms in total. The number of amides is 1. The number of carbonyl (C=O) groups excluding carboxylic acids is 1. The number of nitrogens with zero attached hydrogens (tertiary/aromatic N) is 6. The van der Waals surface area contributed by atoms with Crippen molar-refractivity contribution in [3.8, 4) is 0 Å². The van der Waals surface area contributed by atoms with Gasteiger partial charge < -0.3 is 24.2 Å². The zero-order valence-corrected chi connectivity index (χ0v) is 23.4. The maximum atomic E-state index is 12.2. The molecule has 1 spiro atoms. The molecule has 0 radical (unpaired) electrons. The number of anilines is 1. The first-order valence-electron chi connectivity index (χ1n) is 14.6. The van der Waals surface area contributed by atoms with Crippen LogP contribution in [0.1, 0.15) is 46.5 Å². The molecule has 0 unspecified atom stereocenters. The number of hydrogen-bond donors (Lipinski definition) is 0. The van der Waals surface area contributed by atoms with Gasteiger partial charge in [-0.25, -0.2) is 9.78 Å². The molecule has 2 aromatic heterocycles. The molecular weight excluding hydrogens is 492 g/mol. The van der Waals surface area contributed by atoms with Crippen molar-refractivity contribution in [3.05, 3.63) is 36.5 Å². The average Bonchev–Trinajstić information content (AvgIpc) is 3.20. The third kappa shape index (κ3) is 4.95. The molecule has 1 saturated carbocycles. The highest BCUT2D eigenvalue weighted by Gasteiger charge is 2.54. The molecule has 5 heterocycles. The topological polar surface area (TPSA) is 75.4 Å². The Balaban J connectivity index is 0.812. The molecular formula is C30H40N6O3. The van der Waals surface area contributed by atoms with E-state index >= 15 is 0 Å². The predicted octanol–water partition coefficient (Wildman–Crippen LogP) is 4.20. The van der Waals surface area contributed by atoms with E-state index in [1.54, 1.807) is 0 Å². The van der Waals surface area contributed by atoms with Gasteiger partial charge in [0.05, 0.1) is 23.2 Å². The Bertz CT molecular complexity index is 1350. The van der Waals surface area contributed by atoms with Gasteiger partial charge in [-0.15, -0.1) is 0 Å². The molecule has 7 rings (SSSR count). The van der Waals surface area contributed by atoms with E-state index in [9.17, 15) is 4.79 Å². The van der Waals surface area contributed by atoms with Gasteiger partial charge in [-0.3, -0.25) is 4.40 Å². The third-order valence-electron chi connectivity index (χ3n) is 8.85. The second kappa shape index (κ2) is 9.34. The van der Waals surface area contributed by atoms with E-state index in [1.165, 1.54) is 19.4 Å². The zero-order chi connectivity index (χ0) is 26.8. The van der Waals surface area contributed by atoms with Gasteiger partial charge in [0.1, 0.15) is 11.4 Å². The highest BCUT2D eigenvalue weighted by atomic mass is 16.6. The fourth-order valence-corrected chi connectivity index (χ4v) is 6.96. The van der Waals surface area contributed by atoms with Gasteiger partial charge in [0.2, 0.25) is 5.78 Å². The van der Waals surface area contributed by atoms with E-state index in [0.29, 0.717) is 17.6 Å². The fourth-order valence-electron chi connectivity index (χ4n) is 6.96. The highest BCUT2D eigenvalue weighted by Crippen LogP contribution is 2.42. The van der Waals surface area contributed by atoms with Crippen LogP contribution in [0, 0.1) is 11.3 Å². The number of likely N-dealkylation sites (tertiary alicyclic amines) is 2. The minimum Gasteiger partial charge on any atom is -0.444 e. The van der Waals surface area contributed by atoms with E-state index in [4.69, 9.17) is 19.4 Å². The summed E-state index contributed by atoms with van der Waals surface area (Å²) in [6.07, 6.45) is 7.15. The number of hydrogen-bond acceptors (Lipinski definition) is 7. The van der Waals surface area contributed by atoms with E-state index in [2.05, 4.69) is 32.5 Å². The van der Waals surface area contributed by atoms with Crippen LogP contribution in [0.3, 0.4) is 0 Å². The summed E-state index contributed by atoms with van der Waals surface area (Å²) in [7, 11) is 0. The Kier molecular flexibility index (Phi) is 6.00. The van der Waals surface area contributed by atoms with Gasteiger partial charge in [-0.2, -0.15) is 4.98 Å². The maximum Gasteiger partial charge on any atom is 0.410 e. The first kappa shape index (κ1) is 25.1. The molecule has 0 atom stereocenters. The van der Waals surface area contributed by atoms with Crippen molar-refractivity contribution in [1.29, 1.82) is 0 Å². The summed E-state index contributed by atoms with van der Waals surface area (Å²) in [5.41, 5.74) is 1.97. The molecule has 39 heavy (non-hydrogen) atoms. The lowest BCUT2D eigenvalue weighted by Crippen LogP contribution is -2.73. The number of benzene rings is 1. The lowest BCUT2D eigenvalue weighted by molar-refractivity contribution is -0.133. The van der Waals surface area contributed by atoms with E-state index in [1.807, 2.05) is 43.9 Å². The second-order valence-electron chi connectivity index (χ2n) is 13.3. The monoisotopic (exact) mass is 532 g/mol. The number of carbonyl (C=O) groups is 1. The molecule has 9 heteroatoms. The highest BCUT2D eigenvalue weighted by molar-refractivity contribution is 5.79. The fraction of sp³-hybridized carbons (Fsp3) is 0.633. The van der Waals surface area contributed by atoms with Crippen molar-refractivity contribution in [2.75, 3.05) is 50.7 Å². The number of imidazole rings is 1. The number of rotatable bonds is 5. The van der Waals surface area contributed by atoms with Crippen LogP contribution in [-0.2, 0) is 9.47 Å². The van der Waals surface area contributed by atoms with Crippen LogP contribution >= 0.6 is 0 Å². The van der Waals surface area contributed by atoms with Crippen molar-refractivity contribution in [3.63, 3.8) is 0 Å². The Morgan fingerprint density at radius 2 is 1.74 bits per heavy atom. The van der Waals surface area contributed by atoms with Crippen LogP contribution in [0.25, 0.3) is 16.8 Å². The van der Waals surface area contributed by atoms with Crippen molar-refractivity contribution < 1.29 is 14.3 Å². The molecule has 1 aliphatic carbocycles. The van der Waals surface area contributed by atoms with Gasteiger partial charge in [-0.1, -0.05) is 12.1 Å². The van der Waals surface area contributed by atoms with Crippen LogP contribution < -0.4 is 4.90 Å². The molecule has 0 bridgehead atoms. The first-order valence-corrected chi connectivity index (χ1v) is 14.6. The smallest absolute Gasteiger partial charge is 0.410 e. The minimum absolute atomic E-state index is 0.166. The number of ether oxygens (including phenoxy) is 2. The maximum absolute atomic E-state index is 12.2. The van der Waals surface area contributed by atoms with Gasteiger partial charge in [0.15, 0.2) is 0 Å². The van der Waals surface area contributed by atoms with Crippen LogP contribution in [0.5, 0.6) is 0 Å². The summed E-state index contributed by atoms with van der Waals surface area (Å²) in [5.74, 6) is 2.52. The van der Waals surface area contributed by atoms with Crippen molar-refractivity contribution in [2.45, 2.75) is 64.3 Å². The zero-order valence-electron chi connectivity index (χ0n) is 23.4. The summed E-state index contributed by atoms with van der Waals surface area (Å²) < 4.78 is 14.1. The molecule has 4 aliphatic rings. The Labute approximate surface area is 230 Å². The summed E-state index contributed by atoms with van der Waals surface area (Å²) in [4.78, 5) is 28.6. The van der Waals surface area contributed by atoms with Crippen LogP contribution in [0.2, 0.25) is 0 Å². The molecule has 0 N–H and O–H groups in total. The lowest BCUT2D eigenvalue weighted by Gasteiger charge is -2.61. The Morgan fingerprint density at radius 1 is 1.00 bits per heavy atom. The minimum atomic E-state index is -0.423. The van der Waals surface area contributed by atoms with Crippen molar-refractivity contribution in [2.24, 2.45) is 11.3 Å². The van der Waals surface area contributed by atoms with Crippen molar-refractivity contribution in [1.82, 2.24) is 24.2 Å². The second-order valence-corrected chi connectivity index (χ2v) is 13.3. The van der Waals surface area contributed by atoms with E-state index in [0.717, 1.165) is 80.7 Å². The molecule has 3 aromatic rings. The SMILES string of the molecule is CC(C)(C)OC(=O)N1CC2(CN(C[C@H]3C[C@H](OC4CCN(c5ccn6c(n5)nc5ccccc56)CC4)C3)C2)C1. The van der Waals surface area contributed by atoms with Crippen LogP contribution in [0.4, 0.5) is 10.6 Å². The third-order valence-corrected chi connectivity index (χ3v) is 8.85. The quantitative estimate of drug-likeness (QED) is 0.488.